The van der Waals surface area contributed by atoms with Crippen molar-refractivity contribution < 1.29 is 9.59 Å². The van der Waals surface area contributed by atoms with E-state index in [0.717, 1.165) is 31.0 Å². The first-order chi connectivity index (χ1) is 11.3. The molecule has 6 nitrogen and oxygen atoms in total. The number of carbonyl (C=O) groups excluding carboxylic acids is 2. The van der Waals surface area contributed by atoms with Gasteiger partial charge in [0.1, 0.15) is 0 Å². The van der Waals surface area contributed by atoms with Gasteiger partial charge in [-0.15, -0.1) is 11.3 Å². The summed E-state index contributed by atoms with van der Waals surface area (Å²) in [5.41, 5.74) is 6.55. The second-order valence-corrected chi connectivity index (χ2v) is 8.76. The van der Waals surface area contributed by atoms with Gasteiger partial charge in [-0.1, -0.05) is 20.8 Å². The minimum atomic E-state index is -0.466. The van der Waals surface area contributed by atoms with E-state index in [1.807, 2.05) is 6.07 Å². The van der Waals surface area contributed by atoms with Crippen molar-refractivity contribution in [2.24, 2.45) is 11.3 Å². The summed E-state index contributed by atoms with van der Waals surface area (Å²) < 4.78 is 7.58. The van der Waals surface area contributed by atoms with Crippen LogP contribution in [0.1, 0.15) is 57.8 Å². The third-order valence-electron chi connectivity index (χ3n) is 4.41. The van der Waals surface area contributed by atoms with Gasteiger partial charge in [0.15, 0.2) is 5.69 Å². The first kappa shape index (κ1) is 17.0. The Bertz CT molecular complexity index is 747. The SMILES string of the molecule is CC(C)(C)[C@@H]1CCc2sc(C(=O)NNC(=O)c3cnsn3)cc2C1. The molecule has 1 atom stereocenters. The molecule has 8 heteroatoms. The lowest BCUT2D eigenvalue weighted by Crippen LogP contribution is -2.41. The minimum absolute atomic E-state index is 0.193. The highest BCUT2D eigenvalue weighted by atomic mass is 32.1. The molecule has 0 aliphatic heterocycles. The third kappa shape index (κ3) is 3.64. The van der Waals surface area contributed by atoms with Gasteiger partial charge >= 0.3 is 0 Å². The quantitative estimate of drug-likeness (QED) is 0.803. The average molecular weight is 364 g/mol. The number of nitrogens with one attached hydrogen (secondary N) is 2. The van der Waals surface area contributed by atoms with E-state index in [9.17, 15) is 9.59 Å². The number of hydrogen-bond acceptors (Lipinski definition) is 6. The molecule has 0 saturated heterocycles. The maximum atomic E-state index is 12.3. The Morgan fingerprint density at radius 1 is 1.25 bits per heavy atom. The van der Waals surface area contributed by atoms with Gasteiger partial charge in [-0.2, -0.15) is 8.75 Å². The smallest absolute Gasteiger partial charge is 0.266 e. The molecule has 2 N–H and O–H groups in total. The summed E-state index contributed by atoms with van der Waals surface area (Å²) in [5.74, 6) is -0.128. The van der Waals surface area contributed by atoms with Crippen molar-refractivity contribution in [2.75, 3.05) is 0 Å². The first-order valence-corrected chi connectivity index (χ1v) is 9.39. The molecule has 0 aromatic carbocycles. The fraction of sp³-hybridized carbons (Fsp3) is 0.500. The van der Waals surface area contributed by atoms with Crippen LogP contribution in [0.3, 0.4) is 0 Å². The van der Waals surface area contributed by atoms with Gasteiger partial charge in [0.05, 0.1) is 22.8 Å². The summed E-state index contributed by atoms with van der Waals surface area (Å²) >= 11 is 2.46. The highest BCUT2D eigenvalue weighted by Crippen LogP contribution is 2.39. The third-order valence-corrected chi connectivity index (χ3v) is 6.13. The standard InChI is InChI=1S/C16H20N4O2S2/c1-16(2,3)10-4-5-12-9(6-10)7-13(23-12)15(22)19-18-14(21)11-8-17-24-20-11/h7-8,10H,4-6H2,1-3H3,(H,18,21)(H,19,22)/t10-/m1/s1. The second-order valence-electron chi connectivity index (χ2n) is 7.07. The monoisotopic (exact) mass is 364 g/mol. The molecule has 1 aliphatic rings. The van der Waals surface area contributed by atoms with Crippen LogP contribution in [0.5, 0.6) is 0 Å². The average Bonchev–Trinajstić information content (AvgIpc) is 3.19. The minimum Gasteiger partial charge on any atom is -0.266 e. The van der Waals surface area contributed by atoms with Crippen molar-refractivity contribution in [2.45, 2.75) is 40.0 Å². The molecule has 0 bridgehead atoms. The largest absolute Gasteiger partial charge is 0.291 e. The van der Waals surface area contributed by atoms with Crippen LogP contribution in [-0.2, 0) is 12.8 Å². The number of hydrogen-bond donors (Lipinski definition) is 2. The lowest BCUT2D eigenvalue weighted by atomic mass is 9.72. The van der Waals surface area contributed by atoms with Crippen LogP contribution in [0.4, 0.5) is 0 Å². The number of rotatable bonds is 2. The van der Waals surface area contributed by atoms with E-state index in [0.29, 0.717) is 10.8 Å². The summed E-state index contributed by atoms with van der Waals surface area (Å²) in [6, 6.07) is 1.96. The van der Waals surface area contributed by atoms with Crippen molar-refractivity contribution in [3.63, 3.8) is 0 Å². The van der Waals surface area contributed by atoms with Gasteiger partial charge < -0.3 is 0 Å². The Hall–Kier alpha value is -1.80. The second kappa shape index (κ2) is 6.60. The molecule has 2 amide bonds. The van der Waals surface area contributed by atoms with Gasteiger partial charge in [-0.05, 0) is 42.2 Å². The zero-order valence-electron chi connectivity index (χ0n) is 13.9. The van der Waals surface area contributed by atoms with Crippen molar-refractivity contribution in [3.8, 4) is 0 Å². The fourth-order valence-electron chi connectivity index (χ4n) is 2.88. The molecule has 128 valence electrons. The van der Waals surface area contributed by atoms with Gasteiger partial charge in [0, 0.05) is 4.88 Å². The lowest BCUT2D eigenvalue weighted by Gasteiger charge is -2.33. The van der Waals surface area contributed by atoms with Crippen LogP contribution >= 0.6 is 23.1 Å². The number of aromatic nitrogens is 2. The van der Waals surface area contributed by atoms with Crippen LogP contribution in [0.15, 0.2) is 12.3 Å². The number of aryl methyl sites for hydroxylation is 1. The molecule has 0 saturated carbocycles. The highest BCUT2D eigenvalue weighted by molar-refractivity contribution is 7.14. The van der Waals surface area contributed by atoms with Crippen LogP contribution in [-0.4, -0.2) is 20.6 Å². The predicted molar refractivity (Wildman–Crippen MR) is 94.1 cm³/mol. The summed E-state index contributed by atoms with van der Waals surface area (Å²) in [7, 11) is 0. The van der Waals surface area contributed by atoms with Crippen LogP contribution in [0.25, 0.3) is 0 Å². The van der Waals surface area contributed by atoms with E-state index in [2.05, 4.69) is 40.4 Å². The molecule has 0 radical (unpaired) electrons. The number of nitrogens with zero attached hydrogens (tertiary/aromatic N) is 2. The van der Waals surface area contributed by atoms with Crippen molar-refractivity contribution in [1.29, 1.82) is 0 Å². The van der Waals surface area contributed by atoms with Gasteiger partial charge in [-0.3, -0.25) is 20.4 Å². The molecule has 0 fully saturated rings. The molecule has 24 heavy (non-hydrogen) atoms. The number of carbonyl (C=O) groups is 2. The Morgan fingerprint density at radius 2 is 2.00 bits per heavy atom. The molecule has 2 heterocycles. The van der Waals surface area contributed by atoms with Crippen molar-refractivity contribution in [3.05, 3.63) is 33.3 Å². The summed E-state index contributed by atoms with van der Waals surface area (Å²) in [6.07, 6.45) is 4.56. The van der Waals surface area contributed by atoms with E-state index < -0.39 is 5.91 Å². The van der Waals surface area contributed by atoms with E-state index in [1.54, 1.807) is 0 Å². The zero-order valence-corrected chi connectivity index (χ0v) is 15.5. The maximum Gasteiger partial charge on any atom is 0.291 e. The van der Waals surface area contributed by atoms with E-state index in [-0.39, 0.29) is 17.0 Å². The number of thiophene rings is 1. The normalized spacial score (nSPS) is 17.2. The lowest BCUT2D eigenvalue weighted by molar-refractivity contribution is 0.0846. The van der Waals surface area contributed by atoms with E-state index >= 15 is 0 Å². The molecule has 0 unspecified atom stereocenters. The Morgan fingerprint density at radius 3 is 2.67 bits per heavy atom. The fourth-order valence-corrected chi connectivity index (χ4v) is 4.39. The molecule has 2 aromatic heterocycles. The zero-order chi connectivity index (χ0) is 17.3. The van der Waals surface area contributed by atoms with Crippen molar-refractivity contribution >= 4 is 34.9 Å². The summed E-state index contributed by atoms with van der Waals surface area (Å²) in [4.78, 5) is 26.0. The summed E-state index contributed by atoms with van der Waals surface area (Å²) in [5, 5.41) is 0. The molecular weight excluding hydrogens is 344 g/mol. The highest BCUT2D eigenvalue weighted by Gasteiger charge is 2.30. The van der Waals surface area contributed by atoms with E-state index in [4.69, 9.17) is 0 Å². The number of hydrazine groups is 1. The van der Waals surface area contributed by atoms with Gasteiger partial charge in [0.25, 0.3) is 11.8 Å². The molecule has 2 aromatic rings. The van der Waals surface area contributed by atoms with Gasteiger partial charge in [-0.25, -0.2) is 0 Å². The first-order valence-electron chi connectivity index (χ1n) is 7.84. The number of amides is 2. The maximum absolute atomic E-state index is 12.3. The molecule has 1 aliphatic carbocycles. The van der Waals surface area contributed by atoms with Gasteiger partial charge in [0.2, 0.25) is 0 Å². The topological polar surface area (TPSA) is 84.0 Å². The number of fused-ring (bicyclic) bond motifs is 1. The van der Waals surface area contributed by atoms with Crippen LogP contribution in [0, 0.1) is 11.3 Å². The molecule has 3 rings (SSSR count). The Balaban J connectivity index is 1.63. The van der Waals surface area contributed by atoms with Crippen LogP contribution in [0.2, 0.25) is 0 Å². The molecule has 0 spiro atoms. The van der Waals surface area contributed by atoms with Crippen molar-refractivity contribution in [1.82, 2.24) is 19.6 Å². The van der Waals surface area contributed by atoms with Crippen LogP contribution < -0.4 is 10.9 Å². The predicted octanol–water partition coefficient (Wildman–Crippen LogP) is 2.83. The Labute approximate surface area is 149 Å². The molecular formula is C16H20N4O2S2. The Kier molecular flexibility index (Phi) is 4.69. The van der Waals surface area contributed by atoms with E-state index in [1.165, 1.54) is 28.0 Å². The summed E-state index contributed by atoms with van der Waals surface area (Å²) in [6.45, 7) is 6.81.